The zero-order chi connectivity index (χ0) is 13.5. The average Bonchev–Trinajstić information content (AvgIpc) is 2.39. The SMILES string of the molecule is CCOC(=O)c1ccc(/C(C)=C/C(=O)CC)cc1. The molecule has 0 unspecified atom stereocenters. The fraction of sp³-hybridized carbons (Fsp3) is 0.333. The summed E-state index contributed by atoms with van der Waals surface area (Å²) in [6, 6.07) is 7.06. The number of carbonyl (C=O) groups excluding carboxylic acids is 2. The summed E-state index contributed by atoms with van der Waals surface area (Å²) in [5.41, 5.74) is 2.36. The van der Waals surface area contributed by atoms with Crippen LogP contribution in [0.25, 0.3) is 5.57 Å². The highest BCUT2D eigenvalue weighted by Gasteiger charge is 2.06. The molecule has 0 atom stereocenters. The van der Waals surface area contributed by atoms with Crippen LogP contribution in [0.4, 0.5) is 0 Å². The van der Waals surface area contributed by atoms with Gasteiger partial charge >= 0.3 is 5.97 Å². The van der Waals surface area contributed by atoms with E-state index in [1.54, 1.807) is 25.1 Å². The number of rotatable bonds is 5. The third kappa shape index (κ3) is 3.84. The Kier molecular flexibility index (Phi) is 5.31. The standard InChI is InChI=1S/C15H18O3/c1-4-14(16)10-11(3)12-6-8-13(9-7-12)15(17)18-5-2/h6-10H,4-5H2,1-3H3/b11-10+. The molecule has 0 saturated carbocycles. The summed E-state index contributed by atoms with van der Waals surface area (Å²) in [5.74, 6) is -0.225. The van der Waals surface area contributed by atoms with Gasteiger partial charge in [0.25, 0.3) is 0 Å². The maximum atomic E-state index is 11.5. The van der Waals surface area contributed by atoms with Crippen molar-refractivity contribution in [2.24, 2.45) is 0 Å². The third-order valence-corrected chi connectivity index (χ3v) is 2.58. The molecule has 0 bridgehead atoms. The molecule has 1 rings (SSSR count). The van der Waals surface area contributed by atoms with E-state index in [-0.39, 0.29) is 11.8 Å². The van der Waals surface area contributed by atoms with Gasteiger partial charge in [-0.2, -0.15) is 0 Å². The van der Waals surface area contributed by atoms with Crippen molar-refractivity contribution in [2.75, 3.05) is 6.61 Å². The van der Waals surface area contributed by atoms with Crippen molar-refractivity contribution in [3.63, 3.8) is 0 Å². The molecule has 0 amide bonds. The van der Waals surface area contributed by atoms with Crippen molar-refractivity contribution in [1.82, 2.24) is 0 Å². The second kappa shape index (κ2) is 6.74. The molecule has 0 saturated heterocycles. The lowest BCUT2D eigenvalue weighted by atomic mass is 10.0. The summed E-state index contributed by atoms with van der Waals surface area (Å²) in [6.45, 7) is 5.85. The maximum absolute atomic E-state index is 11.5. The van der Waals surface area contributed by atoms with Gasteiger partial charge in [0.05, 0.1) is 12.2 Å². The molecule has 0 aliphatic heterocycles. The molecule has 0 N–H and O–H groups in total. The summed E-state index contributed by atoms with van der Waals surface area (Å²) in [4.78, 5) is 22.8. The van der Waals surface area contributed by atoms with Gasteiger partial charge in [-0.25, -0.2) is 4.79 Å². The summed E-state index contributed by atoms with van der Waals surface area (Å²) < 4.78 is 4.90. The number of hydrogen-bond acceptors (Lipinski definition) is 3. The Hall–Kier alpha value is -1.90. The van der Waals surface area contributed by atoms with E-state index in [1.807, 2.05) is 26.0 Å². The molecule has 1 aromatic rings. The molecular formula is C15H18O3. The summed E-state index contributed by atoms with van der Waals surface area (Å²) in [6.07, 6.45) is 2.12. The second-order valence-electron chi connectivity index (χ2n) is 3.95. The van der Waals surface area contributed by atoms with E-state index >= 15 is 0 Å². The Morgan fingerprint density at radius 3 is 2.17 bits per heavy atom. The minimum Gasteiger partial charge on any atom is -0.462 e. The summed E-state index contributed by atoms with van der Waals surface area (Å²) >= 11 is 0. The first kappa shape index (κ1) is 14.2. The van der Waals surface area contributed by atoms with Gasteiger partial charge < -0.3 is 4.74 Å². The Balaban J connectivity index is 2.86. The molecule has 18 heavy (non-hydrogen) atoms. The number of allylic oxidation sites excluding steroid dienone is 2. The van der Waals surface area contributed by atoms with Crippen molar-refractivity contribution in [1.29, 1.82) is 0 Å². The molecule has 96 valence electrons. The van der Waals surface area contributed by atoms with Crippen LogP contribution in [0.5, 0.6) is 0 Å². The predicted molar refractivity (Wildman–Crippen MR) is 71.3 cm³/mol. The first-order valence-corrected chi connectivity index (χ1v) is 6.07. The van der Waals surface area contributed by atoms with Crippen LogP contribution in [0.3, 0.4) is 0 Å². The quantitative estimate of drug-likeness (QED) is 0.591. The number of ketones is 1. The van der Waals surface area contributed by atoms with Gasteiger partial charge in [0.1, 0.15) is 0 Å². The molecule has 0 radical (unpaired) electrons. The minimum atomic E-state index is -0.324. The van der Waals surface area contributed by atoms with Crippen molar-refractivity contribution in [3.05, 3.63) is 41.5 Å². The van der Waals surface area contributed by atoms with Crippen molar-refractivity contribution >= 4 is 17.3 Å². The molecule has 0 aliphatic carbocycles. The van der Waals surface area contributed by atoms with Crippen LogP contribution in [-0.4, -0.2) is 18.4 Å². The van der Waals surface area contributed by atoms with Crippen LogP contribution in [0.15, 0.2) is 30.3 Å². The Morgan fingerprint density at radius 2 is 1.67 bits per heavy atom. The van der Waals surface area contributed by atoms with E-state index in [0.29, 0.717) is 18.6 Å². The summed E-state index contributed by atoms with van der Waals surface area (Å²) in [7, 11) is 0. The van der Waals surface area contributed by atoms with Gasteiger partial charge in [-0.05, 0) is 43.2 Å². The van der Waals surface area contributed by atoms with Crippen molar-refractivity contribution in [2.45, 2.75) is 27.2 Å². The van der Waals surface area contributed by atoms with E-state index in [1.165, 1.54) is 0 Å². The van der Waals surface area contributed by atoms with Crippen molar-refractivity contribution in [3.8, 4) is 0 Å². The predicted octanol–water partition coefficient (Wildman–Crippen LogP) is 3.25. The van der Waals surface area contributed by atoms with Gasteiger partial charge in [-0.1, -0.05) is 19.1 Å². The molecule has 0 heterocycles. The molecule has 0 aromatic heterocycles. The van der Waals surface area contributed by atoms with Gasteiger partial charge in [-0.15, -0.1) is 0 Å². The normalized spacial score (nSPS) is 11.2. The number of hydrogen-bond donors (Lipinski definition) is 0. The van der Waals surface area contributed by atoms with E-state index in [0.717, 1.165) is 11.1 Å². The van der Waals surface area contributed by atoms with Gasteiger partial charge in [0, 0.05) is 6.42 Å². The first-order chi connectivity index (χ1) is 8.58. The van der Waals surface area contributed by atoms with E-state index in [2.05, 4.69) is 0 Å². The zero-order valence-electron chi connectivity index (χ0n) is 11.0. The van der Waals surface area contributed by atoms with Crippen LogP contribution in [-0.2, 0) is 9.53 Å². The number of esters is 1. The lowest BCUT2D eigenvalue weighted by molar-refractivity contribution is -0.114. The summed E-state index contributed by atoms with van der Waals surface area (Å²) in [5, 5.41) is 0. The Labute approximate surface area is 107 Å². The maximum Gasteiger partial charge on any atom is 0.338 e. The molecule has 0 fully saturated rings. The van der Waals surface area contributed by atoms with Crippen LogP contribution in [0.2, 0.25) is 0 Å². The van der Waals surface area contributed by atoms with Gasteiger partial charge in [-0.3, -0.25) is 4.79 Å². The Morgan fingerprint density at radius 1 is 1.11 bits per heavy atom. The molecule has 1 aromatic carbocycles. The highest BCUT2D eigenvalue weighted by Crippen LogP contribution is 2.15. The number of benzene rings is 1. The topological polar surface area (TPSA) is 43.4 Å². The monoisotopic (exact) mass is 246 g/mol. The first-order valence-electron chi connectivity index (χ1n) is 6.07. The number of ether oxygens (including phenoxy) is 1. The third-order valence-electron chi connectivity index (χ3n) is 2.58. The molecule has 3 nitrogen and oxygen atoms in total. The van der Waals surface area contributed by atoms with E-state index in [9.17, 15) is 9.59 Å². The molecule has 3 heteroatoms. The number of carbonyl (C=O) groups is 2. The van der Waals surface area contributed by atoms with Crippen LogP contribution in [0.1, 0.15) is 43.1 Å². The van der Waals surface area contributed by atoms with Gasteiger partial charge in [0.2, 0.25) is 0 Å². The van der Waals surface area contributed by atoms with E-state index in [4.69, 9.17) is 4.74 Å². The fourth-order valence-corrected chi connectivity index (χ4v) is 1.51. The van der Waals surface area contributed by atoms with E-state index < -0.39 is 0 Å². The van der Waals surface area contributed by atoms with Crippen molar-refractivity contribution < 1.29 is 14.3 Å². The van der Waals surface area contributed by atoms with Gasteiger partial charge in [0.15, 0.2) is 5.78 Å². The highest BCUT2D eigenvalue weighted by atomic mass is 16.5. The fourth-order valence-electron chi connectivity index (χ4n) is 1.51. The lowest BCUT2D eigenvalue weighted by Crippen LogP contribution is -2.04. The minimum absolute atomic E-state index is 0.0990. The second-order valence-corrected chi connectivity index (χ2v) is 3.95. The average molecular weight is 246 g/mol. The largest absolute Gasteiger partial charge is 0.462 e. The van der Waals surface area contributed by atoms with Crippen LogP contribution in [0, 0.1) is 0 Å². The molecule has 0 aliphatic rings. The van der Waals surface area contributed by atoms with Crippen LogP contribution < -0.4 is 0 Å². The zero-order valence-corrected chi connectivity index (χ0v) is 11.0. The Bertz CT molecular complexity index is 455. The molecular weight excluding hydrogens is 228 g/mol. The smallest absolute Gasteiger partial charge is 0.338 e. The highest BCUT2D eigenvalue weighted by molar-refractivity contribution is 5.96. The molecule has 0 spiro atoms. The van der Waals surface area contributed by atoms with Crippen LogP contribution >= 0.6 is 0 Å². The lowest BCUT2D eigenvalue weighted by Gasteiger charge is -2.04.